The number of carbonyl (C=O) groups is 1. The van der Waals surface area contributed by atoms with Crippen molar-refractivity contribution in [2.45, 2.75) is 18.4 Å². The number of guanidine groups is 1. The van der Waals surface area contributed by atoms with Gasteiger partial charge in [-0.25, -0.2) is 9.38 Å². The molecule has 3 rings (SSSR count). The molecule has 0 radical (unpaired) electrons. The van der Waals surface area contributed by atoms with Crippen LogP contribution in [0.15, 0.2) is 47.5 Å². The fourth-order valence-electron chi connectivity index (χ4n) is 3.14. The molecule has 0 fully saturated rings. The third-order valence-corrected chi connectivity index (χ3v) is 4.57. The summed E-state index contributed by atoms with van der Waals surface area (Å²) in [5.74, 6) is -0.761. The molecule has 26 heavy (non-hydrogen) atoms. The third-order valence-electron chi connectivity index (χ3n) is 4.57. The van der Waals surface area contributed by atoms with Gasteiger partial charge in [-0.05, 0) is 53.8 Å². The number of benzene rings is 2. The summed E-state index contributed by atoms with van der Waals surface area (Å²) < 4.78 is 26.6. The molecule has 0 aromatic heterocycles. The summed E-state index contributed by atoms with van der Waals surface area (Å²) in [6.45, 7) is -0.556. The number of hydrogen-bond donors (Lipinski definition) is 2. The number of alkyl halides is 1. The minimum atomic E-state index is -1.47. The second-order valence-electron chi connectivity index (χ2n) is 6.19. The van der Waals surface area contributed by atoms with E-state index in [1.165, 1.54) is 42.3 Å². The molecule has 1 amide bonds. The number of hydrogen-bond acceptors (Lipinski definition) is 4. The minimum Gasteiger partial charge on any atom is -0.508 e. The number of aromatic hydroxyl groups is 1. The molecule has 0 saturated heterocycles. The average Bonchev–Trinajstić information content (AvgIpc) is 2.86. The lowest BCUT2D eigenvalue weighted by atomic mass is 9.82. The summed E-state index contributed by atoms with van der Waals surface area (Å²) in [6.07, 6.45) is 0.400. The highest BCUT2D eigenvalue weighted by Crippen LogP contribution is 2.40. The van der Waals surface area contributed by atoms with Crippen LogP contribution in [0.3, 0.4) is 0 Å². The van der Waals surface area contributed by atoms with Gasteiger partial charge in [0.25, 0.3) is 5.91 Å². The number of aliphatic imine (C=N–C) groups is 1. The molecule has 0 saturated carbocycles. The van der Waals surface area contributed by atoms with Crippen molar-refractivity contribution in [2.75, 3.05) is 13.7 Å². The number of carbonyl (C=O) groups excluding carboxylic acids is 1. The number of phenolic OH excluding ortho intramolecular Hbond substituents is 1. The van der Waals surface area contributed by atoms with Gasteiger partial charge in [-0.3, -0.25) is 14.1 Å². The largest absolute Gasteiger partial charge is 0.508 e. The molecule has 0 bridgehead atoms. The van der Waals surface area contributed by atoms with Crippen LogP contribution in [0.1, 0.15) is 23.1 Å². The van der Waals surface area contributed by atoms with E-state index < -0.39 is 18.0 Å². The normalized spacial score (nSPS) is 19.7. The molecule has 1 aliphatic heterocycles. The first-order valence-electron chi connectivity index (χ1n) is 8.18. The van der Waals surface area contributed by atoms with E-state index in [-0.39, 0.29) is 30.5 Å². The zero-order valence-corrected chi connectivity index (χ0v) is 14.2. The maximum absolute atomic E-state index is 14.1. The van der Waals surface area contributed by atoms with Crippen LogP contribution >= 0.6 is 0 Å². The first-order valence-corrected chi connectivity index (χ1v) is 8.18. The van der Waals surface area contributed by atoms with Crippen LogP contribution in [0.4, 0.5) is 8.78 Å². The highest BCUT2D eigenvalue weighted by molar-refractivity contribution is 6.08. The van der Waals surface area contributed by atoms with Crippen LogP contribution < -0.4 is 5.73 Å². The van der Waals surface area contributed by atoms with Gasteiger partial charge in [0.05, 0.1) is 6.67 Å². The lowest BCUT2D eigenvalue weighted by Crippen LogP contribution is -2.41. The molecule has 7 heteroatoms. The number of nitrogens with two attached hydrogens (primary N) is 1. The van der Waals surface area contributed by atoms with E-state index in [4.69, 9.17) is 5.73 Å². The summed E-state index contributed by atoms with van der Waals surface area (Å²) in [6, 6.07) is 10.3. The Balaban J connectivity index is 2.20. The number of nitrogens with zero attached hydrogens (tertiary/aromatic N) is 2. The molecule has 0 aliphatic carbocycles. The van der Waals surface area contributed by atoms with Crippen molar-refractivity contribution in [1.82, 2.24) is 4.90 Å². The Morgan fingerprint density at radius 2 is 1.85 bits per heavy atom. The molecule has 0 spiro atoms. The zero-order valence-electron chi connectivity index (χ0n) is 14.2. The molecule has 2 aromatic rings. The molecule has 2 aromatic carbocycles. The topological polar surface area (TPSA) is 78.9 Å². The fourth-order valence-corrected chi connectivity index (χ4v) is 3.14. The minimum absolute atomic E-state index is 0.0395. The molecule has 3 N–H and O–H groups in total. The zero-order chi connectivity index (χ0) is 18.9. The van der Waals surface area contributed by atoms with E-state index >= 15 is 0 Å². The Bertz CT molecular complexity index is 868. The molecule has 1 atom stereocenters. The van der Waals surface area contributed by atoms with E-state index in [1.54, 1.807) is 12.1 Å². The average molecular weight is 359 g/mol. The smallest absolute Gasteiger partial charge is 0.266 e. The number of amides is 1. The summed E-state index contributed by atoms with van der Waals surface area (Å²) in [7, 11) is 1.51. The van der Waals surface area contributed by atoms with Crippen molar-refractivity contribution in [3.05, 3.63) is 65.0 Å². The second kappa shape index (κ2) is 6.74. The molecule has 1 aliphatic rings. The summed E-state index contributed by atoms with van der Waals surface area (Å²) in [5, 5.41) is 9.56. The lowest BCUT2D eigenvalue weighted by Gasteiger charge is -2.26. The van der Waals surface area contributed by atoms with Crippen molar-refractivity contribution in [1.29, 1.82) is 0 Å². The van der Waals surface area contributed by atoms with E-state index in [9.17, 15) is 18.7 Å². The molecule has 1 unspecified atom stereocenters. The summed E-state index contributed by atoms with van der Waals surface area (Å²) in [5.41, 5.74) is 5.66. The van der Waals surface area contributed by atoms with Gasteiger partial charge in [0.15, 0.2) is 11.5 Å². The van der Waals surface area contributed by atoms with Crippen LogP contribution in [0.25, 0.3) is 0 Å². The van der Waals surface area contributed by atoms with Gasteiger partial charge in [-0.2, -0.15) is 0 Å². The molecule has 1 heterocycles. The van der Waals surface area contributed by atoms with Gasteiger partial charge in [0, 0.05) is 7.05 Å². The van der Waals surface area contributed by atoms with Crippen LogP contribution in [-0.2, 0) is 16.8 Å². The van der Waals surface area contributed by atoms with Gasteiger partial charge < -0.3 is 10.8 Å². The Labute approximate surface area is 149 Å². The van der Waals surface area contributed by atoms with Crippen molar-refractivity contribution < 1.29 is 18.7 Å². The molecular formula is C19H19F2N3O2. The Morgan fingerprint density at radius 3 is 2.42 bits per heavy atom. The first-order chi connectivity index (χ1) is 12.4. The van der Waals surface area contributed by atoms with Crippen LogP contribution in [0.2, 0.25) is 0 Å². The highest BCUT2D eigenvalue weighted by Gasteiger charge is 2.49. The number of likely N-dealkylation sites (N-methyl/N-ethyl adjacent to an activating group) is 1. The fraction of sp³-hybridized carbons (Fsp3) is 0.263. The summed E-state index contributed by atoms with van der Waals surface area (Å²) >= 11 is 0. The summed E-state index contributed by atoms with van der Waals surface area (Å²) in [4.78, 5) is 18.7. The van der Waals surface area contributed by atoms with Gasteiger partial charge in [-0.1, -0.05) is 18.2 Å². The van der Waals surface area contributed by atoms with Gasteiger partial charge in [-0.15, -0.1) is 0 Å². The number of halogens is 2. The number of aryl methyl sites for hydroxylation is 1. The SMILES string of the molecule is CN1C(=O)C(c2ccc(O)cc2)(c2ccc(F)c(CCCF)c2)N=C1N. The molecule has 5 nitrogen and oxygen atoms in total. The van der Waals surface area contributed by atoms with E-state index in [2.05, 4.69) is 4.99 Å². The van der Waals surface area contributed by atoms with Gasteiger partial charge >= 0.3 is 0 Å². The Hall–Kier alpha value is -2.96. The highest BCUT2D eigenvalue weighted by atomic mass is 19.1. The quantitative estimate of drug-likeness (QED) is 0.861. The Kier molecular flexibility index (Phi) is 4.63. The van der Waals surface area contributed by atoms with Crippen molar-refractivity contribution in [3.63, 3.8) is 0 Å². The van der Waals surface area contributed by atoms with E-state index in [0.717, 1.165) is 0 Å². The third kappa shape index (κ3) is 2.79. The number of phenols is 1. The van der Waals surface area contributed by atoms with Gasteiger partial charge in [0.1, 0.15) is 11.6 Å². The van der Waals surface area contributed by atoms with Gasteiger partial charge in [0.2, 0.25) is 0 Å². The predicted octanol–water partition coefficient (Wildman–Crippen LogP) is 2.46. The van der Waals surface area contributed by atoms with E-state index in [1.807, 2.05) is 0 Å². The van der Waals surface area contributed by atoms with Crippen LogP contribution in [-0.4, -0.2) is 35.6 Å². The Morgan fingerprint density at radius 1 is 1.19 bits per heavy atom. The predicted molar refractivity (Wildman–Crippen MR) is 94.0 cm³/mol. The maximum Gasteiger partial charge on any atom is 0.266 e. The molecular weight excluding hydrogens is 340 g/mol. The van der Waals surface area contributed by atoms with Crippen LogP contribution in [0.5, 0.6) is 5.75 Å². The maximum atomic E-state index is 14.1. The van der Waals surface area contributed by atoms with Crippen molar-refractivity contribution >= 4 is 11.9 Å². The number of rotatable bonds is 5. The second-order valence-corrected chi connectivity index (χ2v) is 6.19. The van der Waals surface area contributed by atoms with Crippen molar-refractivity contribution in [3.8, 4) is 5.75 Å². The van der Waals surface area contributed by atoms with Crippen LogP contribution in [0, 0.1) is 5.82 Å². The molecule has 136 valence electrons. The first kappa shape index (κ1) is 17.8. The monoisotopic (exact) mass is 359 g/mol. The standard InChI is InChI=1S/C19H19F2N3O2/c1-24-17(26)19(23-18(24)22,13-4-7-15(25)8-5-13)14-6-9-16(21)12(11-14)3-2-10-20/h4-9,11,25H,2-3,10H2,1H3,(H2,22,23). The van der Waals surface area contributed by atoms with Crippen molar-refractivity contribution in [2.24, 2.45) is 10.7 Å². The van der Waals surface area contributed by atoms with E-state index in [0.29, 0.717) is 16.7 Å². The lowest BCUT2D eigenvalue weighted by molar-refractivity contribution is -0.129.